The third-order valence-corrected chi connectivity index (χ3v) is 3.88. The zero-order valence-electron chi connectivity index (χ0n) is 11.2. The summed E-state index contributed by atoms with van der Waals surface area (Å²) < 4.78 is 37.6. The lowest BCUT2D eigenvalue weighted by Crippen LogP contribution is -2.31. The van der Waals surface area contributed by atoms with Crippen molar-refractivity contribution < 1.29 is 18.0 Å². The van der Waals surface area contributed by atoms with Crippen LogP contribution in [-0.2, 0) is 11.0 Å². The Bertz CT molecular complexity index is 520. The van der Waals surface area contributed by atoms with E-state index in [0.29, 0.717) is 0 Å². The van der Waals surface area contributed by atoms with Gasteiger partial charge in [-0.2, -0.15) is 13.2 Å². The summed E-state index contributed by atoms with van der Waals surface area (Å²) in [4.78, 5) is 12.2. The van der Waals surface area contributed by atoms with Crippen molar-refractivity contribution in [3.63, 3.8) is 0 Å². The van der Waals surface area contributed by atoms with E-state index in [-0.39, 0.29) is 17.3 Å². The summed E-state index contributed by atoms with van der Waals surface area (Å²) in [5.74, 6) is -0.179. The molecule has 6 heteroatoms. The number of nitrogen functional groups attached to an aromatic ring is 1. The van der Waals surface area contributed by atoms with Crippen molar-refractivity contribution in [2.24, 2.45) is 5.41 Å². The number of halogens is 3. The first-order chi connectivity index (χ1) is 9.22. The summed E-state index contributed by atoms with van der Waals surface area (Å²) >= 11 is 0. The number of nitrogens with two attached hydrogens (primary N) is 1. The fourth-order valence-corrected chi connectivity index (χ4v) is 2.51. The third-order valence-electron chi connectivity index (χ3n) is 3.88. The van der Waals surface area contributed by atoms with Gasteiger partial charge < -0.3 is 11.1 Å². The Balaban J connectivity index is 2.16. The SMILES string of the molecule is CC1(C(=O)Nc2ccc(C(F)(F)F)cc2N)CCCC1. The Morgan fingerprint density at radius 3 is 2.40 bits per heavy atom. The predicted octanol–water partition coefficient (Wildman–Crippen LogP) is 3.81. The minimum Gasteiger partial charge on any atom is -0.397 e. The van der Waals surface area contributed by atoms with Crippen molar-refractivity contribution in [1.82, 2.24) is 0 Å². The summed E-state index contributed by atoms with van der Waals surface area (Å²) in [7, 11) is 0. The minimum absolute atomic E-state index is 0.0743. The van der Waals surface area contributed by atoms with Gasteiger partial charge >= 0.3 is 6.18 Å². The molecule has 20 heavy (non-hydrogen) atoms. The van der Waals surface area contributed by atoms with Gasteiger partial charge in [-0.3, -0.25) is 4.79 Å². The zero-order valence-corrected chi connectivity index (χ0v) is 11.2. The average molecular weight is 286 g/mol. The molecule has 2 rings (SSSR count). The molecular formula is C14H17F3N2O. The molecule has 1 amide bonds. The lowest BCUT2D eigenvalue weighted by molar-refractivity contribution is -0.137. The maximum absolute atomic E-state index is 12.5. The van der Waals surface area contributed by atoms with Gasteiger partial charge in [-0.1, -0.05) is 19.8 Å². The molecule has 1 fully saturated rings. The van der Waals surface area contributed by atoms with Crippen LogP contribution in [0.2, 0.25) is 0 Å². The molecule has 1 aliphatic rings. The van der Waals surface area contributed by atoms with Crippen molar-refractivity contribution >= 4 is 17.3 Å². The number of hydrogen-bond donors (Lipinski definition) is 2. The topological polar surface area (TPSA) is 55.1 Å². The van der Waals surface area contributed by atoms with Crippen molar-refractivity contribution in [3.05, 3.63) is 23.8 Å². The smallest absolute Gasteiger partial charge is 0.397 e. The molecule has 0 aromatic heterocycles. The van der Waals surface area contributed by atoms with Gasteiger partial charge in [-0.05, 0) is 31.0 Å². The molecule has 0 bridgehead atoms. The van der Waals surface area contributed by atoms with Crippen molar-refractivity contribution in [2.75, 3.05) is 11.1 Å². The Kier molecular flexibility index (Phi) is 3.67. The minimum atomic E-state index is -4.44. The van der Waals surface area contributed by atoms with E-state index in [4.69, 9.17) is 5.73 Å². The molecule has 0 aliphatic heterocycles. The standard InChI is InChI=1S/C14H17F3N2O/c1-13(6-2-3-7-13)12(20)19-11-5-4-9(8-10(11)18)14(15,16)17/h4-5,8H,2-3,6-7,18H2,1H3,(H,19,20). The van der Waals surface area contributed by atoms with E-state index < -0.39 is 17.2 Å². The van der Waals surface area contributed by atoms with Crippen LogP contribution in [0.3, 0.4) is 0 Å². The second-order valence-corrected chi connectivity index (χ2v) is 5.52. The maximum Gasteiger partial charge on any atom is 0.416 e. The lowest BCUT2D eigenvalue weighted by atomic mass is 9.88. The van der Waals surface area contributed by atoms with Gasteiger partial charge in [0.1, 0.15) is 0 Å². The molecule has 0 saturated heterocycles. The molecule has 0 atom stereocenters. The van der Waals surface area contributed by atoms with Crippen LogP contribution in [0.4, 0.5) is 24.5 Å². The monoisotopic (exact) mass is 286 g/mol. The van der Waals surface area contributed by atoms with Gasteiger partial charge in [0.2, 0.25) is 5.91 Å². The fourth-order valence-electron chi connectivity index (χ4n) is 2.51. The number of benzene rings is 1. The summed E-state index contributed by atoms with van der Waals surface area (Å²) in [5.41, 5.74) is 4.48. The molecule has 0 unspecified atom stereocenters. The molecule has 0 heterocycles. The molecule has 3 nitrogen and oxygen atoms in total. The molecule has 3 N–H and O–H groups in total. The molecule has 110 valence electrons. The number of hydrogen-bond acceptors (Lipinski definition) is 2. The predicted molar refractivity (Wildman–Crippen MR) is 71.1 cm³/mol. The Morgan fingerprint density at radius 2 is 1.90 bits per heavy atom. The van der Waals surface area contributed by atoms with Crippen molar-refractivity contribution in [1.29, 1.82) is 0 Å². The zero-order chi connectivity index (χ0) is 15.0. The second-order valence-electron chi connectivity index (χ2n) is 5.52. The first kappa shape index (κ1) is 14.7. The maximum atomic E-state index is 12.5. The van der Waals surface area contributed by atoms with Gasteiger partial charge in [-0.15, -0.1) is 0 Å². The number of rotatable bonds is 2. The quantitative estimate of drug-likeness (QED) is 0.812. The highest BCUT2D eigenvalue weighted by Gasteiger charge is 2.36. The number of nitrogens with one attached hydrogen (secondary N) is 1. The first-order valence-electron chi connectivity index (χ1n) is 6.50. The normalized spacial score (nSPS) is 18.0. The number of amides is 1. The van der Waals surface area contributed by atoms with Crippen molar-refractivity contribution in [2.45, 2.75) is 38.8 Å². The summed E-state index contributed by atoms with van der Waals surface area (Å²) in [6.07, 6.45) is -0.869. The molecule has 1 saturated carbocycles. The van der Waals surface area contributed by atoms with Gasteiger partial charge in [0.15, 0.2) is 0 Å². The van der Waals surface area contributed by atoms with Gasteiger partial charge in [0.05, 0.1) is 16.9 Å². The van der Waals surface area contributed by atoms with Crippen LogP contribution in [0.15, 0.2) is 18.2 Å². The number of carbonyl (C=O) groups excluding carboxylic acids is 1. The van der Waals surface area contributed by atoms with Crippen LogP contribution in [-0.4, -0.2) is 5.91 Å². The highest BCUT2D eigenvalue weighted by atomic mass is 19.4. The second kappa shape index (κ2) is 5.00. The largest absolute Gasteiger partial charge is 0.416 e. The molecular weight excluding hydrogens is 269 g/mol. The van der Waals surface area contributed by atoms with Crippen LogP contribution in [0.1, 0.15) is 38.2 Å². The van der Waals surface area contributed by atoms with E-state index in [1.807, 2.05) is 6.92 Å². The average Bonchev–Trinajstić information content (AvgIpc) is 2.78. The Hall–Kier alpha value is -1.72. The van der Waals surface area contributed by atoms with Crippen LogP contribution in [0, 0.1) is 5.41 Å². The molecule has 1 aromatic carbocycles. The van der Waals surface area contributed by atoms with E-state index in [1.54, 1.807) is 0 Å². The van der Waals surface area contributed by atoms with E-state index in [9.17, 15) is 18.0 Å². The Morgan fingerprint density at radius 1 is 1.30 bits per heavy atom. The van der Waals surface area contributed by atoms with Crippen LogP contribution >= 0.6 is 0 Å². The Labute approximate surface area is 115 Å². The molecule has 1 aromatic rings. The summed E-state index contributed by atoms with van der Waals surface area (Å²) in [6, 6.07) is 2.96. The molecule has 0 radical (unpaired) electrons. The van der Waals surface area contributed by atoms with Crippen LogP contribution in [0.5, 0.6) is 0 Å². The fraction of sp³-hybridized carbons (Fsp3) is 0.500. The summed E-state index contributed by atoms with van der Waals surface area (Å²) in [6.45, 7) is 1.87. The van der Waals surface area contributed by atoms with E-state index in [0.717, 1.165) is 37.8 Å². The number of alkyl halides is 3. The molecule has 1 aliphatic carbocycles. The van der Waals surface area contributed by atoms with Crippen LogP contribution in [0.25, 0.3) is 0 Å². The van der Waals surface area contributed by atoms with Crippen LogP contribution < -0.4 is 11.1 Å². The highest BCUT2D eigenvalue weighted by molar-refractivity contribution is 5.97. The third kappa shape index (κ3) is 2.89. The van der Waals surface area contributed by atoms with Gasteiger partial charge in [-0.25, -0.2) is 0 Å². The van der Waals surface area contributed by atoms with Gasteiger partial charge in [0.25, 0.3) is 0 Å². The van der Waals surface area contributed by atoms with E-state index in [2.05, 4.69) is 5.32 Å². The van der Waals surface area contributed by atoms with E-state index >= 15 is 0 Å². The summed E-state index contributed by atoms with van der Waals surface area (Å²) in [5, 5.41) is 2.64. The van der Waals surface area contributed by atoms with E-state index in [1.165, 1.54) is 6.07 Å². The number of anilines is 2. The van der Waals surface area contributed by atoms with Gasteiger partial charge in [0, 0.05) is 5.41 Å². The molecule has 0 spiro atoms. The van der Waals surface area contributed by atoms with Crippen molar-refractivity contribution in [3.8, 4) is 0 Å². The number of carbonyl (C=O) groups is 1. The lowest BCUT2D eigenvalue weighted by Gasteiger charge is -2.23. The highest BCUT2D eigenvalue weighted by Crippen LogP contribution is 2.39. The first-order valence-corrected chi connectivity index (χ1v) is 6.50.